The number of nitrogens with zero attached hydrogens (tertiary/aromatic N) is 6. The minimum absolute atomic E-state index is 0.0158. The summed E-state index contributed by atoms with van der Waals surface area (Å²) in [7, 11) is 5.62. The summed E-state index contributed by atoms with van der Waals surface area (Å²) in [6.07, 6.45) is 8.50. The molecule has 1 aliphatic carbocycles. The van der Waals surface area contributed by atoms with Gasteiger partial charge in [0.25, 0.3) is 5.91 Å². The van der Waals surface area contributed by atoms with Crippen molar-refractivity contribution in [2.24, 2.45) is 0 Å². The number of rotatable bonds is 17. The standard InChI is InChI=1S/C41H54F2N8O5.C4H11N.C2H6.C2H4/c1-27-32(24-30(42)25-34(27)47-39(53)31-13-12-29(23-33(31)43)28-10-11-28)36-37(38(44)46-26-45-36)55-22-21-49(6)35(52)9-7-14-48(5)15-8-16-50-17-19-51(20-18-50)40(54)56-41(2,3)4;1-3-4-5-2;2*1-2/h7,9,12-13,23-26,28H,8,10-11,14-22H2,1-6H3,(H,47,53)(H2,44,45,46);5H,3-4H2,1-2H3;1-2H3;1-2H2/b9-7+;;;. The summed E-state index contributed by atoms with van der Waals surface area (Å²) in [6.45, 7) is 26.1. The lowest BCUT2D eigenvalue weighted by Gasteiger charge is -2.35. The third kappa shape index (κ3) is 18.9. The van der Waals surface area contributed by atoms with Crippen LogP contribution < -0.4 is 21.1 Å². The number of carbonyl (C=O) groups is 3. The number of nitrogen functional groups attached to an aromatic ring is 1. The summed E-state index contributed by atoms with van der Waals surface area (Å²) in [4.78, 5) is 54.3. The molecule has 0 atom stereocenters. The Kier molecular flexibility index (Phi) is 24.4. The molecule has 0 bridgehead atoms. The molecule has 3 amide bonds. The van der Waals surface area contributed by atoms with Crippen molar-refractivity contribution in [2.45, 2.75) is 85.7 Å². The van der Waals surface area contributed by atoms with Crippen LogP contribution in [0, 0.1) is 18.6 Å². The number of piperazine rings is 1. The second-order valence-electron chi connectivity index (χ2n) is 16.6. The van der Waals surface area contributed by atoms with E-state index < -0.39 is 23.1 Å². The van der Waals surface area contributed by atoms with Crippen LogP contribution in [0.3, 0.4) is 0 Å². The highest BCUT2D eigenvalue weighted by Gasteiger charge is 2.27. The Balaban J connectivity index is 0.00000149. The van der Waals surface area contributed by atoms with E-state index >= 15 is 4.39 Å². The molecule has 4 N–H and O–H groups in total. The number of nitrogens with two attached hydrogens (primary N) is 1. The van der Waals surface area contributed by atoms with Crippen LogP contribution >= 0.6 is 0 Å². The van der Waals surface area contributed by atoms with Gasteiger partial charge in [0.2, 0.25) is 5.91 Å². The van der Waals surface area contributed by atoms with Crippen LogP contribution in [-0.4, -0.2) is 140 Å². The summed E-state index contributed by atoms with van der Waals surface area (Å²) in [5.41, 5.74) is 7.48. The zero-order valence-corrected chi connectivity index (χ0v) is 40.6. The van der Waals surface area contributed by atoms with Crippen molar-refractivity contribution in [1.29, 1.82) is 0 Å². The third-order valence-electron chi connectivity index (χ3n) is 10.3. The maximum absolute atomic E-state index is 15.0. The molecule has 2 aromatic carbocycles. The lowest BCUT2D eigenvalue weighted by molar-refractivity contribution is -0.125. The van der Waals surface area contributed by atoms with Crippen LogP contribution in [0.15, 0.2) is 62.0 Å². The van der Waals surface area contributed by atoms with E-state index in [4.69, 9.17) is 15.2 Å². The fourth-order valence-corrected chi connectivity index (χ4v) is 6.59. The van der Waals surface area contributed by atoms with Crippen molar-refractivity contribution in [1.82, 2.24) is 34.9 Å². The van der Waals surface area contributed by atoms with Crippen molar-refractivity contribution < 1.29 is 32.6 Å². The van der Waals surface area contributed by atoms with E-state index in [1.165, 1.54) is 41.9 Å². The number of likely N-dealkylation sites (N-methyl/N-ethyl adjacent to an activating group) is 2. The highest BCUT2D eigenvalue weighted by atomic mass is 19.1. The molecule has 1 saturated carbocycles. The zero-order chi connectivity index (χ0) is 48.7. The summed E-state index contributed by atoms with van der Waals surface area (Å²) in [6, 6.07) is 6.98. The number of aromatic nitrogens is 2. The number of halogens is 2. The van der Waals surface area contributed by atoms with Crippen LogP contribution in [0.25, 0.3) is 11.3 Å². The highest BCUT2D eigenvalue weighted by Crippen LogP contribution is 2.41. The molecule has 16 heteroatoms. The SMILES string of the molecule is C=C.CC.CCCNC.Cc1c(NC(=O)c2ccc(C3CC3)cc2F)cc(F)cc1-c1ncnc(N)c1OCCN(C)C(=O)/C=C/CN(C)CCCN1CCN(C(=O)OC(C)(C)C)CC1. The van der Waals surface area contributed by atoms with Gasteiger partial charge in [-0.25, -0.2) is 23.5 Å². The first-order chi connectivity index (χ1) is 31.0. The van der Waals surface area contributed by atoms with Gasteiger partial charge in [-0.05, 0) is 128 Å². The zero-order valence-electron chi connectivity index (χ0n) is 40.6. The fourth-order valence-electron chi connectivity index (χ4n) is 6.59. The molecule has 65 heavy (non-hydrogen) atoms. The lowest BCUT2D eigenvalue weighted by atomic mass is 10.0. The molecule has 1 aromatic heterocycles. The Hall–Kier alpha value is -5.45. The first kappa shape index (κ1) is 55.7. The Bertz CT molecular complexity index is 1980. The van der Waals surface area contributed by atoms with Gasteiger partial charge >= 0.3 is 6.09 Å². The normalized spacial score (nSPS) is 13.7. The van der Waals surface area contributed by atoms with Crippen LogP contribution in [0.2, 0.25) is 0 Å². The van der Waals surface area contributed by atoms with E-state index in [2.05, 4.69) is 50.5 Å². The predicted octanol–water partition coefficient (Wildman–Crippen LogP) is 8.15. The van der Waals surface area contributed by atoms with Crippen molar-refractivity contribution in [3.63, 3.8) is 0 Å². The molecular weight excluding hydrogens is 833 g/mol. The maximum Gasteiger partial charge on any atom is 0.410 e. The third-order valence-corrected chi connectivity index (χ3v) is 10.3. The van der Waals surface area contributed by atoms with Gasteiger partial charge in [0, 0.05) is 57.1 Å². The van der Waals surface area contributed by atoms with E-state index in [0.29, 0.717) is 36.7 Å². The Labute approximate surface area is 386 Å². The number of hydrogen-bond donors (Lipinski definition) is 3. The number of nitrogens with one attached hydrogen (secondary N) is 2. The molecule has 14 nitrogen and oxygen atoms in total. The van der Waals surface area contributed by atoms with Gasteiger partial charge in [-0.1, -0.05) is 32.9 Å². The minimum atomic E-state index is -0.708. The summed E-state index contributed by atoms with van der Waals surface area (Å²) in [5.74, 6) is -1.76. The average Bonchev–Trinajstić information content (AvgIpc) is 4.13. The molecular formula is C49H75F2N9O5. The van der Waals surface area contributed by atoms with Gasteiger partial charge in [-0.3, -0.25) is 14.5 Å². The molecule has 5 rings (SSSR count). The van der Waals surface area contributed by atoms with E-state index in [-0.39, 0.29) is 53.7 Å². The van der Waals surface area contributed by atoms with E-state index in [9.17, 15) is 18.8 Å². The number of carbonyl (C=O) groups excluding carboxylic acids is 3. The first-order valence-corrected chi connectivity index (χ1v) is 22.6. The van der Waals surface area contributed by atoms with Gasteiger partial charge in [0.15, 0.2) is 11.6 Å². The van der Waals surface area contributed by atoms with Crippen molar-refractivity contribution in [2.75, 3.05) is 97.7 Å². The second-order valence-corrected chi connectivity index (χ2v) is 16.6. The summed E-state index contributed by atoms with van der Waals surface area (Å²) in [5, 5.41) is 5.66. The molecule has 1 saturated heterocycles. The van der Waals surface area contributed by atoms with Crippen LogP contribution in [0.4, 0.5) is 25.1 Å². The van der Waals surface area contributed by atoms with Crippen LogP contribution in [0.5, 0.6) is 5.75 Å². The molecule has 0 spiro atoms. The number of anilines is 2. The number of benzene rings is 2. The number of hydrogen-bond acceptors (Lipinski definition) is 11. The highest BCUT2D eigenvalue weighted by molar-refractivity contribution is 6.05. The lowest BCUT2D eigenvalue weighted by Crippen LogP contribution is -2.50. The van der Waals surface area contributed by atoms with Crippen molar-refractivity contribution >= 4 is 29.4 Å². The average molecular weight is 908 g/mol. The van der Waals surface area contributed by atoms with Gasteiger partial charge in [-0.2, -0.15) is 0 Å². The monoisotopic (exact) mass is 908 g/mol. The predicted molar refractivity (Wildman–Crippen MR) is 258 cm³/mol. The quantitative estimate of drug-likeness (QED) is 0.0887. The molecule has 3 aromatic rings. The van der Waals surface area contributed by atoms with Gasteiger partial charge in [0.05, 0.1) is 12.1 Å². The van der Waals surface area contributed by atoms with Crippen LogP contribution in [0.1, 0.15) is 94.6 Å². The van der Waals surface area contributed by atoms with Crippen molar-refractivity contribution in [3.8, 4) is 17.0 Å². The number of amides is 3. The Morgan fingerprint density at radius 2 is 1.69 bits per heavy atom. The van der Waals surface area contributed by atoms with E-state index in [0.717, 1.165) is 63.6 Å². The van der Waals surface area contributed by atoms with Gasteiger partial charge < -0.3 is 40.5 Å². The fraction of sp³-hybridized carbons (Fsp3) is 0.531. The molecule has 0 radical (unpaired) electrons. The molecule has 2 aliphatic rings. The Morgan fingerprint density at radius 3 is 2.28 bits per heavy atom. The second kappa shape index (κ2) is 28.5. The van der Waals surface area contributed by atoms with Crippen molar-refractivity contribution in [3.05, 3.63) is 90.3 Å². The van der Waals surface area contributed by atoms with E-state index in [1.807, 2.05) is 54.8 Å². The first-order valence-electron chi connectivity index (χ1n) is 22.6. The smallest absolute Gasteiger partial charge is 0.410 e. The molecule has 2 heterocycles. The molecule has 2 fully saturated rings. The van der Waals surface area contributed by atoms with Gasteiger partial charge in [0.1, 0.15) is 35.9 Å². The molecule has 1 aliphatic heterocycles. The minimum Gasteiger partial charge on any atom is -0.486 e. The van der Waals surface area contributed by atoms with Crippen LogP contribution in [-0.2, 0) is 9.53 Å². The number of ether oxygens (including phenoxy) is 2. The molecule has 360 valence electrons. The van der Waals surface area contributed by atoms with E-state index in [1.54, 1.807) is 24.9 Å². The maximum atomic E-state index is 15.0. The summed E-state index contributed by atoms with van der Waals surface area (Å²) < 4.78 is 41.3. The van der Waals surface area contributed by atoms with Gasteiger partial charge in [-0.15, -0.1) is 13.2 Å². The Morgan fingerprint density at radius 1 is 1.02 bits per heavy atom. The largest absolute Gasteiger partial charge is 0.486 e. The molecule has 0 unspecified atom stereocenters. The topological polar surface area (TPSA) is 158 Å². The summed E-state index contributed by atoms with van der Waals surface area (Å²) >= 11 is 0.